The normalized spacial score (nSPS) is 38.4. The Labute approximate surface area is 175 Å². The van der Waals surface area contributed by atoms with Crippen LogP contribution in [0.2, 0.25) is 0 Å². The van der Waals surface area contributed by atoms with Crippen molar-refractivity contribution in [2.45, 2.75) is 77.5 Å². The second-order valence-electron chi connectivity index (χ2n) is 9.15. The Morgan fingerprint density at radius 2 is 2.07 bits per heavy atom. The lowest BCUT2D eigenvalue weighted by Crippen LogP contribution is -2.59. The van der Waals surface area contributed by atoms with Gasteiger partial charge in [0.2, 0.25) is 0 Å². The lowest BCUT2D eigenvalue weighted by atomic mass is 9.54. The molecule has 30 heavy (non-hydrogen) atoms. The van der Waals surface area contributed by atoms with Gasteiger partial charge in [0.25, 0.3) is 0 Å². The number of ether oxygens (including phenoxy) is 3. The van der Waals surface area contributed by atoms with E-state index >= 15 is 0 Å². The molecule has 1 aliphatic heterocycles. The Hall–Kier alpha value is -2.19. The molecule has 1 saturated heterocycles. The smallest absolute Gasteiger partial charge is 0.342 e. The Morgan fingerprint density at radius 1 is 1.43 bits per heavy atom. The molecule has 166 valence electrons. The molecule has 0 aromatic rings. The van der Waals surface area contributed by atoms with E-state index in [1.54, 1.807) is 0 Å². The molecule has 1 saturated carbocycles. The van der Waals surface area contributed by atoms with Gasteiger partial charge in [-0.3, -0.25) is 4.79 Å². The van der Waals surface area contributed by atoms with Crippen molar-refractivity contribution >= 4 is 17.9 Å². The third-order valence-corrected chi connectivity index (χ3v) is 7.06. The fraction of sp³-hybridized carbons (Fsp3) is 0.682. The monoisotopic (exact) mass is 422 g/mol. The van der Waals surface area contributed by atoms with Crippen LogP contribution in [0.3, 0.4) is 0 Å². The first-order valence-electron chi connectivity index (χ1n) is 10.2. The van der Waals surface area contributed by atoms with E-state index in [0.29, 0.717) is 6.42 Å². The standard InChI is InChI=1S/C22H30O8/c1-10-7-8-15(24)21(5)9-14(16-11(2)19(25)30-18(16)17(10)21)29-20(26)22(6,27)12(3)28-13(4)23/h7,12,14-18,24,27H,2,8-9H2,1,3-6H3/t12-,14-,15+,16+,17+,18-,21-,22+/m0/s1. The number of esters is 3. The summed E-state index contributed by atoms with van der Waals surface area (Å²) >= 11 is 0. The van der Waals surface area contributed by atoms with Crippen molar-refractivity contribution in [2.75, 3.05) is 0 Å². The highest BCUT2D eigenvalue weighted by Crippen LogP contribution is 2.57. The number of fused-ring (bicyclic) bond motifs is 3. The van der Waals surface area contributed by atoms with Gasteiger partial charge >= 0.3 is 17.9 Å². The number of carbonyl (C=O) groups is 3. The molecular formula is C22H30O8. The lowest BCUT2D eigenvalue weighted by Gasteiger charge is -2.53. The van der Waals surface area contributed by atoms with E-state index in [2.05, 4.69) is 6.58 Å². The number of hydrogen-bond acceptors (Lipinski definition) is 8. The summed E-state index contributed by atoms with van der Waals surface area (Å²) in [6, 6.07) is 0. The maximum atomic E-state index is 12.9. The molecule has 2 fully saturated rings. The van der Waals surface area contributed by atoms with Gasteiger partial charge in [-0.2, -0.15) is 0 Å². The third-order valence-electron chi connectivity index (χ3n) is 7.06. The zero-order valence-electron chi connectivity index (χ0n) is 18.0. The van der Waals surface area contributed by atoms with Crippen LogP contribution in [0.5, 0.6) is 0 Å². The second-order valence-corrected chi connectivity index (χ2v) is 9.15. The molecule has 8 atom stereocenters. The molecule has 0 radical (unpaired) electrons. The molecular weight excluding hydrogens is 392 g/mol. The van der Waals surface area contributed by atoms with E-state index < -0.39 is 59.3 Å². The van der Waals surface area contributed by atoms with Crippen molar-refractivity contribution in [3.05, 3.63) is 23.8 Å². The largest absolute Gasteiger partial charge is 0.459 e. The number of carbonyl (C=O) groups excluding carboxylic acids is 3. The summed E-state index contributed by atoms with van der Waals surface area (Å²) in [5.74, 6) is -2.99. The van der Waals surface area contributed by atoms with Gasteiger partial charge in [-0.15, -0.1) is 0 Å². The van der Waals surface area contributed by atoms with Crippen LogP contribution in [0, 0.1) is 17.3 Å². The minimum Gasteiger partial charge on any atom is -0.459 e. The maximum Gasteiger partial charge on any atom is 0.342 e. The fourth-order valence-corrected chi connectivity index (χ4v) is 5.10. The highest BCUT2D eigenvalue weighted by molar-refractivity contribution is 5.91. The molecule has 3 rings (SSSR count). The molecule has 0 spiro atoms. The zero-order chi connectivity index (χ0) is 22.6. The summed E-state index contributed by atoms with van der Waals surface area (Å²) in [7, 11) is 0. The van der Waals surface area contributed by atoms with E-state index in [4.69, 9.17) is 14.2 Å². The Bertz CT molecular complexity index is 812. The van der Waals surface area contributed by atoms with E-state index in [0.717, 1.165) is 5.57 Å². The summed E-state index contributed by atoms with van der Waals surface area (Å²) in [5, 5.41) is 21.4. The molecule has 0 amide bonds. The first-order chi connectivity index (χ1) is 13.8. The van der Waals surface area contributed by atoms with Crippen molar-refractivity contribution in [2.24, 2.45) is 17.3 Å². The van der Waals surface area contributed by atoms with Crippen LogP contribution in [-0.2, 0) is 28.6 Å². The minimum absolute atomic E-state index is 0.209. The van der Waals surface area contributed by atoms with Crippen molar-refractivity contribution < 1.29 is 38.8 Å². The topological polar surface area (TPSA) is 119 Å². The molecule has 1 heterocycles. The van der Waals surface area contributed by atoms with Crippen LogP contribution >= 0.6 is 0 Å². The summed E-state index contributed by atoms with van der Waals surface area (Å²) in [6.45, 7) is 11.5. The molecule has 8 heteroatoms. The molecule has 0 aromatic heterocycles. The van der Waals surface area contributed by atoms with Crippen LogP contribution in [0.25, 0.3) is 0 Å². The number of rotatable bonds is 4. The maximum absolute atomic E-state index is 12.9. The van der Waals surface area contributed by atoms with Gasteiger partial charge in [-0.1, -0.05) is 25.2 Å². The SMILES string of the molecule is C=C1C(=O)O[C@H]2[C@H]1[C@@H](OC(=O)[C@](C)(O)[C@H](C)OC(C)=O)C[C@@]1(C)[C@H](O)CC=C(C)[C@H]21. The first-order valence-corrected chi connectivity index (χ1v) is 10.2. The van der Waals surface area contributed by atoms with E-state index in [-0.39, 0.29) is 17.9 Å². The van der Waals surface area contributed by atoms with Gasteiger partial charge in [0, 0.05) is 23.8 Å². The van der Waals surface area contributed by atoms with Crippen molar-refractivity contribution in [3.63, 3.8) is 0 Å². The van der Waals surface area contributed by atoms with Gasteiger partial charge in [0.1, 0.15) is 18.3 Å². The van der Waals surface area contributed by atoms with Gasteiger partial charge in [-0.25, -0.2) is 9.59 Å². The minimum atomic E-state index is -2.09. The molecule has 2 N–H and O–H groups in total. The second kappa shape index (κ2) is 7.50. The molecule has 2 aliphatic carbocycles. The summed E-state index contributed by atoms with van der Waals surface area (Å²) < 4.78 is 16.3. The Balaban J connectivity index is 1.92. The van der Waals surface area contributed by atoms with Crippen LogP contribution in [0.1, 0.15) is 47.5 Å². The number of aliphatic hydroxyl groups is 2. The summed E-state index contributed by atoms with van der Waals surface area (Å²) in [6.07, 6.45) is -0.636. The van der Waals surface area contributed by atoms with E-state index in [1.807, 2.05) is 19.9 Å². The van der Waals surface area contributed by atoms with Gasteiger partial charge in [0.05, 0.1) is 12.0 Å². The van der Waals surface area contributed by atoms with Gasteiger partial charge in [-0.05, 0) is 33.6 Å². The molecule has 0 aromatic carbocycles. The third kappa shape index (κ3) is 3.46. The van der Waals surface area contributed by atoms with Crippen LogP contribution in [-0.4, -0.2) is 58.1 Å². The van der Waals surface area contributed by atoms with Crippen LogP contribution < -0.4 is 0 Å². The molecule has 0 bridgehead atoms. The van der Waals surface area contributed by atoms with Crippen LogP contribution in [0.4, 0.5) is 0 Å². The zero-order valence-corrected chi connectivity index (χ0v) is 18.0. The van der Waals surface area contributed by atoms with Gasteiger partial charge in [0.15, 0.2) is 5.60 Å². The summed E-state index contributed by atoms with van der Waals surface area (Å²) in [5.41, 5.74) is -1.56. The number of hydrogen-bond donors (Lipinski definition) is 2. The predicted molar refractivity (Wildman–Crippen MR) is 105 cm³/mol. The molecule has 3 aliphatic rings. The Kier molecular flexibility index (Phi) is 5.62. The molecule has 0 unspecified atom stereocenters. The summed E-state index contributed by atoms with van der Waals surface area (Å²) in [4.78, 5) is 36.4. The average molecular weight is 422 g/mol. The van der Waals surface area contributed by atoms with Crippen molar-refractivity contribution in [1.82, 2.24) is 0 Å². The highest BCUT2D eigenvalue weighted by atomic mass is 16.6. The Morgan fingerprint density at radius 3 is 2.67 bits per heavy atom. The first kappa shape index (κ1) is 22.5. The molecule has 8 nitrogen and oxygen atoms in total. The fourth-order valence-electron chi connectivity index (χ4n) is 5.10. The van der Waals surface area contributed by atoms with Crippen molar-refractivity contribution in [3.8, 4) is 0 Å². The van der Waals surface area contributed by atoms with Crippen LogP contribution in [0.15, 0.2) is 23.8 Å². The average Bonchev–Trinajstić information content (AvgIpc) is 2.92. The van der Waals surface area contributed by atoms with E-state index in [1.165, 1.54) is 20.8 Å². The lowest BCUT2D eigenvalue weighted by molar-refractivity contribution is -0.199. The van der Waals surface area contributed by atoms with Gasteiger partial charge < -0.3 is 24.4 Å². The predicted octanol–water partition coefficient (Wildman–Crippen LogP) is 1.44. The quantitative estimate of drug-likeness (QED) is 0.302. The van der Waals surface area contributed by atoms with E-state index in [9.17, 15) is 24.6 Å². The highest BCUT2D eigenvalue weighted by Gasteiger charge is 2.62. The number of aliphatic hydroxyl groups excluding tert-OH is 1. The van der Waals surface area contributed by atoms with Crippen molar-refractivity contribution in [1.29, 1.82) is 0 Å².